The summed E-state index contributed by atoms with van der Waals surface area (Å²) < 4.78 is 0. The molecule has 1 aromatic rings. The molecule has 2 aliphatic rings. The van der Waals surface area contributed by atoms with Crippen LogP contribution in [-0.2, 0) is 0 Å². The minimum atomic E-state index is 0.259. The fourth-order valence-corrected chi connectivity index (χ4v) is 2.89. The Bertz CT molecular complexity index is 435. The van der Waals surface area contributed by atoms with E-state index in [0.717, 1.165) is 25.5 Å². The Balaban J connectivity index is 1.80. The molecule has 98 valence electrons. The number of hydrogen-bond donors (Lipinski definition) is 3. The predicted molar refractivity (Wildman–Crippen MR) is 71.1 cm³/mol. The first-order valence-electron chi connectivity index (χ1n) is 6.36. The number of nitrogens with one attached hydrogen (secondary N) is 1. The molecular formula is C11H19N7. The van der Waals surface area contributed by atoms with E-state index in [2.05, 4.69) is 25.2 Å². The zero-order valence-electron chi connectivity index (χ0n) is 10.3. The van der Waals surface area contributed by atoms with Gasteiger partial charge in [0.25, 0.3) is 0 Å². The maximum absolute atomic E-state index is 5.69. The van der Waals surface area contributed by atoms with Crippen LogP contribution < -0.4 is 21.9 Å². The fraction of sp³-hybridized carbons (Fsp3) is 0.636. The number of nitrogens with two attached hydrogens (primary N) is 2. The number of hydrazine groups is 1. The van der Waals surface area contributed by atoms with Gasteiger partial charge < -0.3 is 16.1 Å². The van der Waals surface area contributed by atoms with Crippen LogP contribution in [-0.4, -0.2) is 47.1 Å². The van der Waals surface area contributed by atoms with Crippen molar-refractivity contribution >= 4 is 17.6 Å². The highest BCUT2D eigenvalue weighted by atomic mass is 15.3. The molecule has 2 aliphatic heterocycles. The van der Waals surface area contributed by atoms with Crippen LogP contribution in [0.15, 0.2) is 6.07 Å². The van der Waals surface area contributed by atoms with Crippen molar-refractivity contribution in [2.24, 2.45) is 5.84 Å². The van der Waals surface area contributed by atoms with E-state index in [1.807, 2.05) is 6.07 Å². The van der Waals surface area contributed by atoms with Crippen LogP contribution in [0.25, 0.3) is 0 Å². The summed E-state index contributed by atoms with van der Waals surface area (Å²) in [5, 5.41) is 0. The van der Waals surface area contributed by atoms with E-state index in [4.69, 9.17) is 11.6 Å². The zero-order chi connectivity index (χ0) is 12.5. The molecule has 3 rings (SSSR count). The summed E-state index contributed by atoms with van der Waals surface area (Å²) in [6.45, 7) is 4.33. The Kier molecular flexibility index (Phi) is 2.92. The highest BCUT2D eigenvalue weighted by Crippen LogP contribution is 2.25. The molecule has 0 saturated carbocycles. The van der Waals surface area contributed by atoms with Gasteiger partial charge in [0.05, 0.1) is 0 Å². The number of rotatable bonds is 2. The average Bonchev–Trinajstić information content (AvgIpc) is 2.85. The molecule has 0 bridgehead atoms. The molecule has 1 atom stereocenters. The van der Waals surface area contributed by atoms with E-state index < -0.39 is 0 Å². The lowest BCUT2D eigenvalue weighted by Crippen LogP contribution is -2.50. The van der Waals surface area contributed by atoms with E-state index in [0.29, 0.717) is 11.9 Å². The van der Waals surface area contributed by atoms with Crippen LogP contribution in [0, 0.1) is 0 Å². The summed E-state index contributed by atoms with van der Waals surface area (Å²) >= 11 is 0. The predicted octanol–water partition coefficient (Wildman–Crippen LogP) is -0.371. The maximum Gasteiger partial charge on any atom is 0.223 e. The summed E-state index contributed by atoms with van der Waals surface area (Å²) in [6, 6.07) is 2.50. The third kappa shape index (κ3) is 2.06. The van der Waals surface area contributed by atoms with Crippen LogP contribution in [0.2, 0.25) is 0 Å². The highest BCUT2D eigenvalue weighted by Gasteiger charge is 2.31. The summed E-state index contributed by atoms with van der Waals surface area (Å²) in [6.07, 6.45) is 2.58. The molecule has 18 heavy (non-hydrogen) atoms. The molecule has 0 aliphatic carbocycles. The SMILES string of the molecule is NNc1cc(N2CCN3CCCC3C2)nc(N)n1. The molecule has 7 nitrogen and oxygen atoms in total. The van der Waals surface area contributed by atoms with E-state index in [1.54, 1.807) is 0 Å². The Morgan fingerprint density at radius 3 is 3.00 bits per heavy atom. The van der Waals surface area contributed by atoms with Gasteiger partial charge in [-0.05, 0) is 19.4 Å². The van der Waals surface area contributed by atoms with Crippen LogP contribution >= 0.6 is 0 Å². The molecule has 2 saturated heterocycles. The minimum absolute atomic E-state index is 0.259. The molecule has 2 fully saturated rings. The van der Waals surface area contributed by atoms with Crippen LogP contribution in [0.3, 0.4) is 0 Å². The second-order valence-electron chi connectivity index (χ2n) is 4.89. The van der Waals surface area contributed by atoms with Crippen LogP contribution in [0.4, 0.5) is 17.6 Å². The van der Waals surface area contributed by atoms with Crippen molar-refractivity contribution in [3.05, 3.63) is 6.07 Å². The zero-order valence-corrected chi connectivity index (χ0v) is 10.3. The van der Waals surface area contributed by atoms with Crippen molar-refractivity contribution in [3.8, 4) is 0 Å². The molecule has 0 radical (unpaired) electrons. The number of hydrogen-bond acceptors (Lipinski definition) is 7. The van der Waals surface area contributed by atoms with Crippen molar-refractivity contribution in [1.29, 1.82) is 0 Å². The molecule has 1 aromatic heterocycles. The third-order valence-corrected chi connectivity index (χ3v) is 3.79. The number of nitrogen functional groups attached to an aromatic ring is 2. The summed E-state index contributed by atoms with van der Waals surface area (Å²) in [5.41, 5.74) is 8.22. The van der Waals surface area contributed by atoms with Crippen LogP contribution in [0.1, 0.15) is 12.8 Å². The Morgan fingerprint density at radius 1 is 1.28 bits per heavy atom. The van der Waals surface area contributed by atoms with Crippen molar-refractivity contribution in [2.45, 2.75) is 18.9 Å². The normalized spacial score (nSPS) is 24.1. The molecule has 3 heterocycles. The van der Waals surface area contributed by atoms with Crippen molar-refractivity contribution in [2.75, 3.05) is 42.2 Å². The number of anilines is 3. The van der Waals surface area contributed by atoms with Crippen LogP contribution in [0.5, 0.6) is 0 Å². The quantitative estimate of drug-likeness (QED) is 0.486. The Hall–Kier alpha value is -1.60. The Labute approximate surface area is 106 Å². The van der Waals surface area contributed by atoms with E-state index in [1.165, 1.54) is 19.4 Å². The first-order chi connectivity index (χ1) is 8.76. The van der Waals surface area contributed by atoms with E-state index in [9.17, 15) is 0 Å². The summed E-state index contributed by atoms with van der Waals surface area (Å²) in [4.78, 5) is 13.1. The fourth-order valence-electron chi connectivity index (χ4n) is 2.89. The Morgan fingerprint density at radius 2 is 2.17 bits per heavy atom. The lowest BCUT2D eigenvalue weighted by Gasteiger charge is -2.38. The van der Waals surface area contributed by atoms with Gasteiger partial charge in [0, 0.05) is 31.7 Å². The van der Waals surface area contributed by atoms with Gasteiger partial charge in [-0.25, -0.2) is 5.84 Å². The lowest BCUT2D eigenvalue weighted by atomic mass is 10.1. The van der Waals surface area contributed by atoms with E-state index in [-0.39, 0.29) is 5.95 Å². The minimum Gasteiger partial charge on any atom is -0.368 e. The molecule has 7 heteroatoms. The number of nitrogens with zero attached hydrogens (tertiary/aromatic N) is 4. The average molecular weight is 249 g/mol. The van der Waals surface area contributed by atoms with Gasteiger partial charge in [-0.15, -0.1) is 0 Å². The first kappa shape index (κ1) is 11.5. The molecule has 0 aromatic carbocycles. The monoisotopic (exact) mass is 249 g/mol. The third-order valence-electron chi connectivity index (χ3n) is 3.79. The standard InChI is InChI=1S/C11H19N7/c12-11-14-9(16-13)6-10(15-11)18-5-4-17-3-1-2-8(17)7-18/h6,8H,1-5,7,13H2,(H3,12,14,15,16). The number of fused-ring (bicyclic) bond motifs is 1. The second-order valence-corrected chi connectivity index (χ2v) is 4.89. The van der Waals surface area contributed by atoms with Gasteiger partial charge in [-0.1, -0.05) is 0 Å². The molecule has 5 N–H and O–H groups in total. The molecule has 1 unspecified atom stereocenters. The highest BCUT2D eigenvalue weighted by molar-refractivity contribution is 5.52. The topological polar surface area (TPSA) is 96.3 Å². The van der Waals surface area contributed by atoms with E-state index >= 15 is 0 Å². The lowest BCUT2D eigenvalue weighted by molar-refractivity contribution is 0.230. The molecule has 0 spiro atoms. The molecule has 0 amide bonds. The summed E-state index contributed by atoms with van der Waals surface area (Å²) in [5.74, 6) is 7.06. The molecular weight excluding hydrogens is 230 g/mol. The number of piperazine rings is 1. The summed E-state index contributed by atoms with van der Waals surface area (Å²) in [7, 11) is 0. The van der Waals surface area contributed by atoms with Crippen molar-refractivity contribution in [1.82, 2.24) is 14.9 Å². The second kappa shape index (κ2) is 4.58. The van der Waals surface area contributed by atoms with Crippen molar-refractivity contribution < 1.29 is 0 Å². The first-order valence-corrected chi connectivity index (χ1v) is 6.36. The van der Waals surface area contributed by atoms with Gasteiger partial charge in [0.15, 0.2) is 0 Å². The maximum atomic E-state index is 5.69. The van der Waals surface area contributed by atoms with Gasteiger partial charge in [0.1, 0.15) is 11.6 Å². The smallest absolute Gasteiger partial charge is 0.223 e. The van der Waals surface area contributed by atoms with Gasteiger partial charge in [0.2, 0.25) is 5.95 Å². The van der Waals surface area contributed by atoms with Gasteiger partial charge in [-0.3, -0.25) is 4.90 Å². The number of aromatic nitrogens is 2. The van der Waals surface area contributed by atoms with Gasteiger partial charge in [-0.2, -0.15) is 9.97 Å². The van der Waals surface area contributed by atoms with Gasteiger partial charge >= 0.3 is 0 Å². The largest absolute Gasteiger partial charge is 0.368 e. The van der Waals surface area contributed by atoms with Crippen molar-refractivity contribution in [3.63, 3.8) is 0 Å².